The topological polar surface area (TPSA) is 111 Å². The third-order valence-electron chi connectivity index (χ3n) is 3.11. The Morgan fingerprint density at radius 3 is 2.76 bits per heavy atom. The number of nitrogens with zero attached hydrogens (tertiary/aromatic N) is 2. The lowest BCUT2D eigenvalue weighted by molar-refractivity contribution is 0.0695. The van der Waals surface area contributed by atoms with Gasteiger partial charge in [0.05, 0.1) is 18.3 Å². The lowest BCUT2D eigenvalue weighted by atomic mass is 10.1. The molecule has 21 heavy (non-hydrogen) atoms. The zero-order valence-electron chi connectivity index (χ0n) is 10.8. The van der Waals surface area contributed by atoms with E-state index in [-0.39, 0.29) is 23.4 Å². The Balaban J connectivity index is 2.05. The summed E-state index contributed by atoms with van der Waals surface area (Å²) in [6.45, 7) is 0.101. The molecule has 0 saturated carbocycles. The van der Waals surface area contributed by atoms with Crippen molar-refractivity contribution in [2.75, 3.05) is 0 Å². The Bertz CT molecular complexity index is 847. The molecule has 1 aromatic carbocycles. The maximum absolute atomic E-state index is 11.4. The van der Waals surface area contributed by atoms with Gasteiger partial charge in [-0.05, 0) is 6.07 Å². The van der Waals surface area contributed by atoms with Gasteiger partial charge in [0.25, 0.3) is 5.91 Å². The lowest BCUT2D eigenvalue weighted by Crippen LogP contribution is -2.10. The molecule has 7 nitrogen and oxygen atoms in total. The first-order chi connectivity index (χ1) is 10.1. The number of carboxylic acids is 1. The Morgan fingerprint density at radius 1 is 1.33 bits per heavy atom. The van der Waals surface area contributed by atoms with Gasteiger partial charge in [0.15, 0.2) is 0 Å². The van der Waals surface area contributed by atoms with Gasteiger partial charge < -0.3 is 15.3 Å². The molecule has 0 aliphatic heterocycles. The van der Waals surface area contributed by atoms with Crippen LogP contribution in [-0.4, -0.2) is 26.8 Å². The van der Waals surface area contributed by atoms with Gasteiger partial charge in [-0.1, -0.05) is 18.2 Å². The molecule has 3 rings (SSSR count). The highest BCUT2D eigenvalue weighted by atomic mass is 16.4. The van der Waals surface area contributed by atoms with Crippen LogP contribution in [0.3, 0.4) is 0 Å². The number of furan rings is 1. The van der Waals surface area contributed by atoms with Crippen molar-refractivity contribution < 1.29 is 19.1 Å². The fraction of sp³-hybridized carbons (Fsp3) is 0.0714. The molecule has 1 amide bonds. The highest BCUT2D eigenvalue weighted by molar-refractivity contribution is 6.03. The number of para-hydroxylation sites is 1. The fourth-order valence-corrected chi connectivity index (χ4v) is 2.17. The van der Waals surface area contributed by atoms with Gasteiger partial charge >= 0.3 is 5.97 Å². The number of amides is 1. The molecule has 0 saturated heterocycles. The van der Waals surface area contributed by atoms with Crippen molar-refractivity contribution in [1.82, 2.24) is 9.78 Å². The summed E-state index contributed by atoms with van der Waals surface area (Å²) in [7, 11) is 0. The van der Waals surface area contributed by atoms with Crippen LogP contribution in [0.4, 0.5) is 0 Å². The first-order valence-corrected chi connectivity index (χ1v) is 6.12. The van der Waals surface area contributed by atoms with E-state index in [1.54, 1.807) is 24.3 Å². The largest absolute Gasteiger partial charge is 0.478 e. The molecule has 0 atom stereocenters. The number of rotatable bonds is 4. The normalized spacial score (nSPS) is 10.9. The van der Waals surface area contributed by atoms with Crippen molar-refractivity contribution >= 4 is 22.8 Å². The molecule has 0 radical (unpaired) electrons. The van der Waals surface area contributed by atoms with Crippen LogP contribution in [0.2, 0.25) is 0 Å². The SMILES string of the molecule is NC(=O)c1cnn(Cc2oc3ccccc3c2C(=O)O)c1. The maximum atomic E-state index is 11.4. The second kappa shape index (κ2) is 4.78. The van der Waals surface area contributed by atoms with E-state index in [4.69, 9.17) is 10.2 Å². The summed E-state index contributed by atoms with van der Waals surface area (Å²) >= 11 is 0. The van der Waals surface area contributed by atoms with Gasteiger partial charge in [0, 0.05) is 11.6 Å². The number of aromatic nitrogens is 2. The number of carbonyl (C=O) groups is 2. The van der Waals surface area contributed by atoms with Gasteiger partial charge in [-0.3, -0.25) is 9.48 Å². The summed E-state index contributed by atoms with van der Waals surface area (Å²) < 4.78 is 6.98. The molecule has 3 aromatic rings. The molecule has 0 bridgehead atoms. The second-order valence-corrected chi connectivity index (χ2v) is 4.49. The van der Waals surface area contributed by atoms with E-state index in [0.717, 1.165) is 0 Å². The van der Waals surface area contributed by atoms with E-state index in [9.17, 15) is 14.7 Å². The highest BCUT2D eigenvalue weighted by Crippen LogP contribution is 2.26. The summed E-state index contributed by atoms with van der Waals surface area (Å²) in [4.78, 5) is 22.5. The van der Waals surface area contributed by atoms with E-state index in [0.29, 0.717) is 11.0 Å². The molecule has 0 fully saturated rings. The standard InChI is InChI=1S/C14H11N3O4/c15-13(18)8-5-16-17(6-8)7-11-12(14(19)20)9-3-1-2-4-10(9)21-11/h1-6H,7H2,(H2,15,18)(H,19,20). The van der Waals surface area contributed by atoms with Crippen molar-refractivity contribution in [3.63, 3.8) is 0 Å². The fourth-order valence-electron chi connectivity index (χ4n) is 2.17. The van der Waals surface area contributed by atoms with Gasteiger partial charge in [-0.25, -0.2) is 4.79 Å². The third kappa shape index (κ3) is 2.25. The van der Waals surface area contributed by atoms with Crippen LogP contribution in [0.1, 0.15) is 26.5 Å². The van der Waals surface area contributed by atoms with Crippen LogP contribution in [0.25, 0.3) is 11.0 Å². The van der Waals surface area contributed by atoms with Gasteiger partial charge in [0.2, 0.25) is 0 Å². The Labute approximate surface area is 118 Å². The maximum Gasteiger partial charge on any atom is 0.339 e. The average Bonchev–Trinajstić information content (AvgIpc) is 3.02. The van der Waals surface area contributed by atoms with Gasteiger partial charge in [-0.15, -0.1) is 0 Å². The van der Waals surface area contributed by atoms with Crippen molar-refractivity contribution in [1.29, 1.82) is 0 Å². The zero-order valence-corrected chi connectivity index (χ0v) is 10.8. The van der Waals surface area contributed by atoms with Gasteiger partial charge in [0.1, 0.15) is 16.9 Å². The molecule has 0 unspecified atom stereocenters. The number of carbonyl (C=O) groups excluding carboxylic acids is 1. The van der Waals surface area contributed by atoms with Crippen molar-refractivity contribution in [3.8, 4) is 0 Å². The molecule has 0 aliphatic carbocycles. The summed E-state index contributed by atoms with van der Waals surface area (Å²) in [6, 6.07) is 6.89. The first kappa shape index (κ1) is 12.9. The van der Waals surface area contributed by atoms with Crippen molar-refractivity contribution in [2.45, 2.75) is 6.54 Å². The predicted octanol–water partition coefficient (Wildman–Crippen LogP) is 1.47. The summed E-state index contributed by atoms with van der Waals surface area (Å²) in [5.41, 5.74) is 5.99. The van der Waals surface area contributed by atoms with Crippen LogP contribution in [0.5, 0.6) is 0 Å². The number of fused-ring (bicyclic) bond motifs is 1. The monoisotopic (exact) mass is 285 g/mol. The van der Waals surface area contributed by atoms with E-state index >= 15 is 0 Å². The molecular weight excluding hydrogens is 274 g/mol. The number of benzene rings is 1. The first-order valence-electron chi connectivity index (χ1n) is 6.12. The Kier molecular flexibility index (Phi) is 2.94. The molecule has 106 valence electrons. The number of primary amides is 1. The summed E-state index contributed by atoms with van der Waals surface area (Å²) in [5, 5.41) is 13.9. The lowest BCUT2D eigenvalue weighted by Gasteiger charge is -1.99. The molecule has 7 heteroatoms. The van der Waals surface area contributed by atoms with Crippen molar-refractivity contribution in [3.05, 3.63) is 53.5 Å². The quantitative estimate of drug-likeness (QED) is 0.754. The molecule has 0 spiro atoms. The minimum atomic E-state index is -1.07. The molecule has 3 N–H and O–H groups in total. The van der Waals surface area contributed by atoms with E-state index in [2.05, 4.69) is 5.10 Å². The highest BCUT2D eigenvalue weighted by Gasteiger charge is 2.20. The number of hydrogen-bond acceptors (Lipinski definition) is 4. The van der Waals surface area contributed by atoms with E-state index in [1.165, 1.54) is 17.1 Å². The molecular formula is C14H11N3O4. The van der Waals surface area contributed by atoms with E-state index in [1.807, 2.05) is 0 Å². The van der Waals surface area contributed by atoms with E-state index < -0.39 is 11.9 Å². The second-order valence-electron chi connectivity index (χ2n) is 4.49. The number of nitrogens with two attached hydrogens (primary N) is 1. The van der Waals surface area contributed by atoms with Gasteiger partial charge in [-0.2, -0.15) is 5.10 Å². The number of carboxylic acid groups (broad SMARTS) is 1. The predicted molar refractivity (Wildman–Crippen MR) is 73.0 cm³/mol. The van der Waals surface area contributed by atoms with Crippen LogP contribution < -0.4 is 5.73 Å². The molecule has 2 heterocycles. The minimum absolute atomic E-state index is 0.0988. The van der Waals surface area contributed by atoms with Crippen molar-refractivity contribution in [2.24, 2.45) is 5.73 Å². The van der Waals surface area contributed by atoms with Crippen LogP contribution >= 0.6 is 0 Å². The smallest absolute Gasteiger partial charge is 0.339 e. The number of aromatic carboxylic acids is 1. The molecule has 0 aliphatic rings. The zero-order chi connectivity index (χ0) is 15.0. The minimum Gasteiger partial charge on any atom is -0.478 e. The van der Waals surface area contributed by atoms with Crippen LogP contribution in [0, 0.1) is 0 Å². The summed E-state index contributed by atoms with van der Waals surface area (Å²) in [5.74, 6) is -1.40. The average molecular weight is 285 g/mol. The van der Waals surface area contributed by atoms with Crippen LogP contribution in [0.15, 0.2) is 41.1 Å². The number of hydrogen-bond donors (Lipinski definition) is 2. The summed E-state index contributed by atoms with van der Waals surface area (Å²) in [6.07, 6.45) is 2.77. The molecule has 2 aromatic heterocycles. The Hall–Kier alpha value is -3.09. The third-order valence-corrected chi connectivity index (χ3v) is 3.11. The van der Waals surface area contributed by atoms with Crippen LogP contribution in [-0.2, 0) is 6.54 Å². The Morgan fingerprint density at radius 2 is 2.10 bits per heavy atom.